The Morgan fingerprint density at radius 2 is 1.85 bits per heavy atom. The fourth-order valence-electron chi connectivity index (χ4n) is 2.66. The zero-order valence-electron chi connectivity index (χ0n) is 15.6. The van der Waals surface area contributed by atoms with Crippen LogP contribution >= 0.6 is 0 Å². The lowest BCUT2D eigenvalue weighted by molar-refractivity contribution is -0.116. The summed E-state index contributed by atoms with van der Waals surface area (Å²) in [6.45, 7) is 3.93. The molecule has 2 amide bonds. The molecule has 6 heteroatoms. The minimum atomic E-state index is -0.264. The maximum absolute atomic E-state index is 12.4. The quantitative estimate of drug-likeness (QED) is 0.667. The van der Waals surface area contributed by atoms with E-state index in [0.717, 1.165) is 5.56 Å². The van der Waals surface area contributed by atoms with E-state index in [-0.39, 0.29) is 18.2 Å². The minimum Gasteiger partial charge on any atom is -0.493 e. The van der Waals surface area contributed by atoms with Crippen molar-refractivity contribution in [3.05, 3.63) is 66.2 Å². The zero-order valence-corrected chi connectivity index (χ0v) is 15.6. The van der Waals surface area contributed by atoms with E-state index in [1.165, 1.54) is 0 Å². The van der Waals surface area contributed by atoms with E-state index >= 15 is 0 Å². The van der Waals surface area contributed by atoms with Gasteiger partial charge in [0.15, 0.2) is 11.5 Å². The van der Waals surface area contributed by atoms with Crippen LogP contribution in [0.5, 0.6) is 11.5 Å². The summed E-state index contributed by atoms with van der Waals surface area (Å²) in [5.74, 6) is 0.792. The number of para-hydroxylation sites is 2. The Balaban J connectivity index is 2.05. The van der Waals surface area contributed by atoms with Gasteiger partial charge in [-0.3, -0.25) is 9.59 Å². The number of ether oxygens (including phenoxy) is 2. The van der Waals surface area contributed by atoms with E-state index in [1.807, 2.05) is 12.1 Å². The maximum Gasteiger partial charge on any atom is 0.253 e. The molecule has 0 aliphatic rings. The van der Waals surface area contributed by atoms with Crippen LogP contribution in [-0.4, -0.2) is 32.6 Å². The van der Waals surface area contributed by atoms with E-state index in [2.05, 4.69) is 17.2 Å². The van der Waals surface area contributed by atoms with E-state index < -0.39 is 0 Å². The molecule has 0 fully saturated rings. The highest BCUT2D eigenvalue weighted by atomic mass is 16.5. The van der Waals surface area contributed by atoms with Crippen molar-refractivity contribution in [1.29, 1.82) is 0 Å². The number of carbonyl (C=O) groups excluding carboxylic acids is 2. The highest BCUT2D eigenvalue weighted by Gasteiger charge is 2.14. The van der Waals surface area contributed by atoms with Crippen molar-refractivity contribution in [3.8, 4) is 11.5 Å². The Morgan fingerprint density at radius 1 is 1.07 bits per heavy atom. The molecule has 0 spiro atoms. The van der Waals surface area contributed by atoms with Crippen molar-refractivity contribution in [1.82, 2.24) is 5.32 Å². The average molecular weight is 368 g/mol. The first-order valence-corrected chi connectivity index (χ1v) is 8.58. The molecule has 0 aliphatic carbocycles. The lowest BCUT2D eigenvalue weighted by Crippen LogP contribution is -2.25. The summed E-state index contributed by atoms with van der Waals surface area (Å²) < 4.78 is 10.7. The minimum absolute atomic E-state index is 0.191. The van der Waals surface area contributed by atoms with Gasteiger partial charge in [0.2, 0.25) is 5.91 Å². The summed E-state index contributed by atoms with van der Waals surface area (Å²) in [6, 6.07) is 12.4. The maximum atomic E-state index is 12.4. The highest BCUT2D eigenvalue weighted by Crippen LogP contribution is 2.31. The molecule has 0 heterocycles. The number of nitrogens with one attached hydrogen (secondary N) is 2. The molecule has 0 aliphatic heterocycles. The van der Waals surface area contributed by atoms with Gasteiger partial charge < -0.3 is 20.1 Å². The number of benzene rings is 2. The summed E-state index contributed by atoms with van der Waals surface area (Å²) in [5.41, 5.74) is 1.76. The third-order valence-corrected chi connectivity index (χ3v) is 3.96. The number of carbonyl (C=O) groups is 2. The lowest BCUT2D eigenvalue weighted by Gasteiger charge is -2.13. The third-order valence-electron chi connectivity index (χ3n) is 3.96. The molecular formula is C21H24N2O4. The molecule has 2 aromatic carbocycles. The Kier molecular flexibility index (Phi) is 7.43. The van der Waals surface area contributed by atoms with Crippen molar-refractivity contribution < 1.29 is 19.1 Å². The summed E-state index contributed by atoms with van der Waals surface area (Å²) in [6.07, 6.45) is 2.32. The van der Waals surface area contributed by atoms with Crippen LogP contribution in [0.1, 0.15) is 22.3 Å². The molecule has 2 aromatic rings. The Hall–Kier alpha value is -3.28. The van der Waals surface area contributed by atoms with E-state index in [0.29, 0.717) is 35.7 Å². The van der Waals surface area contributed by atoms with Crippen LogP contribution in [0.4, 0.5) is 5.69 Å². The van der Waals surface area contributed by atoms with E-state index in [4.69, 9.17) is 9.47 Å². The Bertz CT molecular complexity index is 818. The fourth-order valence-corrected chi connectivity index (χ4v) is 2.66. The third kappa shape index (κ3) is 5.34. The van der Waals surface area contributed by atoms with Crippen LogP contribution in [0.25, 0.3) is 0 Å². The number of hydrogen-bond acceptors (Lipinski definition) is 4. The number of aryl methyl sites for hydroxylation is 1. The number of hydrogen-bond donors (Lipinski definition) is 2. The van der Waals surface area contributed by atoms with Crippen LogP contribution in [0.3, 0.4) is 0 Å². The standard InChI is InChI=1S/C21H24N2O4/c1-4-14-22-21(25)16-9-5-6-10-17(16)23-19(24)13-12-15-8-7-11-18(26-2)20(15)27-3/h4-11H,1,12-14H2,2-3H3,(H,22,25)(H,23,24). The van der Waals surface area contributed by atoms with Gasteiger partial charge in [0.05, 0.1) is 25.5 Å². The molecular weight excluding hydrogens is 344 g/mol. The molecule has 0 saturated carbocycles. The smallest absolute Gasteiger partial charge is 0.253 e. The molecule has 27 heavy (non-hydrogen) atoms. The van der Waals surface area contributed by atoms with Crippen molar-refractivity contribution in [2.75, 3.05) is 26.1 Å². The first-order valence-electron chi connectivity index (χ1n) is 8.58. The van der Waals surface area contributed by atoms with Gasteiger partial charge in [0.25, 0.3) is 5.91 Å². The molecule has 0 bridgehead atoms. The van der Waals surface area contributed by atoms with Gasteiger partial charge in [-0.15, -0.1) is 6.58 Å². The number of amides is 2. The second-order valence-corrected chi connectivity index (χ2v) is 5.75. The molecule has 0 saturated heterocycles. The Labute approximate surface area is 159 Å². The molecule has 0 unspecified atom stereocenters. The van der Waals surface area contributed by atoms with E-state index in [1.54, 1.807) is 50.6 Å². The van der Waals surface area contributed by atoms with Crippen LogP contribution in [0.15, 0.2) is 55.1 Å². The van der Waals surface area contributed by atoms with Gasteiger partial charge in [-0.1, -0.05) is 30.3 Å². The van der Waals surface area contributed by atoms with Gasteiger partial charge in [-0.2, -0.15) is 0 Å². The predicted molar refractivity (Wildman–Crippen MR) is 105 cm³/mol. The first kappa shape index (κ1) is 20.0. The SMILES string of the molecule is C=CCNC(=O)c1ccccc1NC(=O)CCc1cccc(OC)c1OC. The topological polar surface area (TPSA) is 76.7 Å². The normalized spacial score (nSPS) is 10.0. The fraction of sp³-hybridized carbons (Fsp3) is 0.238. The molecule has 0 atom stereocenters. The van der Waals surface area contributed by atoms with Crippen molar-refractivity contribution in [3.63, 3.8) is 0 Å². The zero-order chi connectivity index (χ0) is 19.6. The van der Waals surface area contributed by atoms with Gasteiger partial charge >= 0.3 is 0 Å². The first-order chi connectivity index (χ1) is 13.1. The Morgan fingerprint density at radius 3 is 2.56 bits per heavy atom. The van der Waals surface area contributed by atoms with Gasteiger partial charge in [-0.05, 0) is 30.2 Å². The second-order valence-electron chi connectivity index (χ2n) is 5.75. The van der Waals surface area contributed by atoms with Gasteiger partial charge in [0, 0.05) is 13.0 Å². The average Bonchev–Trinajstić information content (AvgIpc) is 2.70. The highest BCUT2D eigenvalue weighted by molar-refractivity contribution is 6.03. The predicted octanol–water partition coefficient (Wildman–Crippen LogP) is 3.19. The largest absolute Gasteiger partial charge is 0.493 e. The van der Waals surface area contributed by atoms with Crippen molar-refractivity contribution in [2.24, 2.45) is 0 Å². The number of anilines is 1. The van der Waals surface area contributed by atoms with Crippen LogP contribution in [-0.2, 0) is 11.2 Å². The molecule has 6 nitrogen and oxygen atoms in total. The number of methoxy groups -OCH3 is 2. The molecule has 0 aromatic heterocycles. The van der Waals surface area contributed by atoms with Crippen molar-refractivity contribution in [2.45, 2.75) is 12.8 Å². The summed E-state index contributed by atoms with van der Waals surface area (Å²) in [5, 5.41) is 5.52. The molecule has 142 valence electrons. The lowest BCUT2D eigenvalue weighted by atomic mass is 10.1. The molecule has 0 radical (unpaired) electrons. The summed E-state index contributed by atoms with van der Waals surface area (Å²) >= 11 is 0. The number of rotatable bonds is 9. The summed E-state index contributed by atoms with van der Waals surface area (Å²) in [4.78, 5) is 24.6. The second kappa shape index (κ2) is 10.0. The van der Waals surface area contributed by atoms with Crippen LogP contribution < -0.4 is 20.1 Å². The van der Waals surface area contributed by atoms with Crippen LogP contribution in [0, 0.1) is 0 Å². The van der Waals surface area contributed by atoms with Crippen molar-refractivity contribution >= 4 is 17.5 Å². The molecule has 2 N–H and O–H groups in total. The van der Waals surface area contributed by atoms with Gasteiger partial charge in [0.1, 0.15) is 0 Å². The van der Waals surface area contributed by atoms with Crippen LogP contribution in [0.2, 0.25) is 0 Å². The van der Waals surface area contributed by atoms with E-state index in [9.17, 15) is 9.59 Å². The monoisotopic (exact) mass is 368 g/mol. The van der Waals surface area contributed by atoms with Gasteiger partial charge in [-0.25, -0.2) is 0 Å². The summed E-state index contributed by atoms with van der Waals surface area (Å²) in [7, 11) is 3.14. The molecule has 2 rings (SSSR count).